The van der Waals surface area contributed by atoms with E-state index in [1.54, 1.807) is 43.5 Å². The highest BCUT2D eigenvalue weighted by Crippen LogP contribution is 2.37. The van der Waals surface area contributed by atoms with Crippen LogP contribution >= 0.6 is 0 Å². The first-order valence-corrected chi connectivity index (χ1v) is 8.44. The van der Waals surface area contributed by atoms with Gasteiger partial charge in [0.1, 0.15) is 11.5 Å². The Hall–Kier alpha value is -3.60. The minimum Gasteiger partial charge on any atom is -0.497 e. The summed E-state index contributed by atoms with van der Waals surface area (Å²) in [5, 5.41) is 2.82. The van der Waals surface area contributed by atoms with E-state index in [0.29, 0.717) is 33.9 Å². The number of rotatable bonds is 4. The normalized spacial score (nSPS) is 11.6. The minimum absolute atomic E-state index is 0.0609. The van der Waals surface area contributed by atoms with E-state index >= 15 is 0 Å². The summed E-state index contributed by atoms with van der Waals surface area (Å²) in [5.41, 5.74) is 3.86. The number of ether oxygens (including phenoxy) is 2. The van der Waals surface area contributed by atoms with E-state index in [1.165, 1.54) is 7.11 Å². The average Bonchev–Trinajstić information content (AvgIpc) is 3.00. The zero-order valence-electron chi connectivity index (χ0n) is 14.9. The maximum Gasteiger partial charge on any atom is 0.255 e. The van der Waals surface area contributed by atoms with E-state index in [-0.39, 0.29) is 11.7 Å². The number of carbonyl (C=O) groups is 2. The Bertz CT molecular complexity index is 1070. The molecule has 0 unspecified atom stereocenters. The first-order chi connectivity index (χ1) is 13.1. The number of methoxy groups -OCH3 is 2. The van der Waals surface area contributed by atoms with Crippen molar-refractivity contribution in [2.24, 2.45) is 0 Å². The van der Waals surface area contributed by atoms with Gasteiger partial charge in [-0.3, -0.25) is 9.59 Å². The van der Waals surface area contributed by atoms with Crippen LogP contribution in [-0.2, 0) is 0 Å². The summed E-state index contributed by atoms with van der Waals surface area (Å²) >= 11 is 0. The maximum atomic E-state index is 12.7. The number of fused-ring (bicyclic) bond motifs is 3. The van der Waals surface area contributed by atoms with E-state index < -0.39 is 0 Å². The van der Waals surface area contributed by atoms with E-state index in [9.17, 15) is 9.59 Å². The molecule has 1 aliphatic carbocycles. The van der Waals surface area contributed by atoms with Gasteiger partial charge in [-0.15, -0.1) is 0 Å². The molecule has 0 bridgehead atoms. The molecule has 0 saturated heterocycles. The van der Waals surface area contributed by atoms with Gasteiger partial charge in [0.25, 0.3) is 5.91 Å². The summed E-state index contributed by atoms with van der Waals surface area (Å²) in [6, 6.07) is 17.8. The molecular formula is C22H17NO4. The lowest BCUT2D eigenvalue weighted by molar-refractivity contribution is 0.102. The molecule has 0 aromatic heterocycles. The second-order valence-electron chi connectivity index (χ2n) is 6.16. The van der Waals surface area contributed by atoms with Crippen LogP contribution in [0.5, 0.6) is 11.5 Å². The molecule has 0 fully saturated rings. The molecular weight excluding hydrogens is 342 g/mol. The molecule has 0 spiro atoms. The molecule has 5 nitrogen and oxygen atoms in total. The lowest BCUT2D eigenvalue weighted by Gasteiger charge is -2.12. The number of ketones is 1. The minimum atomic E-state index is -0.326. The third-order valence-corrected chi connectivity index (χ3v) is 4.64. The fourth-order valence-electron chi connectivity index (χ4n) is 3.28. The summed E-state index contributed by atoms with van der Waals surface area (Å²) in [5.74, 6) is 0.738. The fourth-order valence-corrected chi connectivity index (χ4v) is 3.28. The highest BCUT2D eigenvalue weighted by Gasteiger charge is 2.27. The monoisotopic (exact) mass is 359 g/mol. The molecule has 1 N–H and O–H groups in total. The van der Waals surface area contributed by atoms with Crippen LogP contribution in [0.25, 0.3) is 11.1 Å². The van der Waals surface area contributed by atoms with Crippen LogP contribution in [0.1, 0.15) is 26.3 Å². The number of carbonyl (C=O) groups excluding carboxylic acids is 2. The van der Waals surface area contributed by atoms with Crippen LogP contribution in [0, 0.1) is 0 Å². The average molecular weight is 359 g/mol. The van der Waals surface area contributed by atoms with Crippen molar-refractivity contribution in [2.45, 2.75) is 0 Å². The van der Waals surface area contributed by atoms with Crippen molar-refractivity contribution in [3.63, 3.8) is 0 Å². The third-order valence-electron chi connectivity index (χ3n) is 4.64. The molecule has 134 valence electrons. The van der Waals surface area contributed by atoms with Crippen molar-refractivity contribution in [1.82, 2.24) is 0 Å². The smallest absolute Gasteiger partial charge is 0.255 e. The van der Waals surface area contributed by atoms with Gasteiger partial charge in [0, 0.05) is 22.8 Å². The molecule has 0 aliphatic heterocycles. The van der Waals surface area contributed by atoms with Gasteiger partial charge in [-0.1, -0.05) is 30.3 Å². The predicted octanol–water partition coefficient (Wildman–Crippen LogP) is 4.17. The van der Waals surface area contributed by atoms with Crippen molar-refractivity contribution in [3.05, 3.63) is 77.4 Å². The van der Waals surface area contributed by atoms with E-state index in [0.717, 1.165) is 11.1 Å². The highest BCUT2D eigenvalue weighted by atomic mass is 16.5. The Morgan fingerprint density at radius 1 is 0.815 bits per heavy atom. The number of anilines is 1. The second kappa shape index (κ2) is 6.61. The molecule has 1 amide bonds. The van der Waals surface area contributed by atoms with Gasteiger partial charge in [-0.2, -0.15) is 0 Å². The van der Waals surface area contributed by atoms with Crippen molar-refractivity contribution in [2.75, 3.05) is 19.5 Å². The molecule has 1 aliphatic rings. The Morgan fingerprint density at radius 2 is 1.56 bits per heavy atom. The number of nitrogens with one attached hydrogen (secondary N) is 1. The number of amides is 1. The van der Waals surface area contributed by atoms with Gasteiger partial charge in [-0.25, -0.2) is 0 Å². The molecule has 0 radical (unpaired) electrons. The fraction of sp³-hybridized carbons (Fsp3) is 0.0909. The van der Waals surface area contributed by atoms with Gasteiger partial charge in [-0.05, 0) is 35.4 Å². The number of hydrogen-bond acceptors (Lipinski definition) is 4. The lowest BCUT2D eigenvalue weighted by Crippen LogP contribution is -2.13. The zero-order chi connectivity index (χ0) is 19.0. The Kier molecular flexibility index (Phi) is 4.12. The quantitative estimate of drug-likeness (QED) is 0.594. The van der Waals surface area contributed by atoms with E-state index in [2.05, 4.69) is 5.32 Å². The highest BCUT2D eigenvalue weighted by molar-refractivity contribution is 6.22. The van der Waals surface area contributed by atoms with Crippen molar-refractivity contribution >= 4 is 17.4 Å². The van der Waals surface area contributed by atoms with E-state index in [1.807, 2.05) is 24.3 Å². The molecule has 0 atom stereocenters. The summed E-state index contributed by atoms with van der Waals surface area (Å²) in [4.78, 5) is 25.4. The SMILES string of the molecule is COc1ccc(OC)c(NC(=O)c2ccc3c(c2)C(=O)c2ccccc2-3)c1. The third kappa shape index (κ3) is 2.83. The van der Waals surface area contributed by atoms with E-state index in [4.69, 9.17) is 9.47 Å². The van der Waals surface area contributed by atoms with Gasteiger partial charge in [0.05, 0.1) is 19.9 Å². The maximum absolute atomic E-state index is 12.7. The summed E-state index contributed by atoms with van der Waals surface area (Å²) in [7, 11) is 3.08. The van der Waals surface area contributed by atoms with Crippen LogP contribution in [0.4, 0.5) is 5.69 Å². The van der Waals surface area contributed by atoms with Gasteiger partial charge >= 0.3 is 0 Å². The molecule has 27 heavy (non-hydrogen) atoms. The number of hydrogen-bond donors (Lipinski definition) is 1. The first kappa shape index (κ1) is 16.8. The van der Waals surface area contributed by atoms with Gasteiger partial charge in [0.15, 0.2) is 5.78 Å². The van der Waals surface area contributed by atoms with Crippen LogP contribution in [0.2, 0.25) is 0 Å². The largest absolute Gasteiger partial charge is 0.497 e. The molecule has 0 saturated carbocycles. The predicted molar refractivity (Wildman–Crippen MR) is 103 cm³/mol. The van der Waals surface area contributed by atoms with Crippen LogP contribution in [-0.4, -0.2) is 25.9 Å². The Morgan fingerprint density at radius 3 is 2.30 bits per heavy atom. The summed E-state index contributed by atoms with van der Waals surface area (Å²) in [6.45, 7) is 0. The Labute approximate surface area is 156 Å². The number of benzene rings is 3. The lowest BCUT2D eigenvalue weighted by atomic mass is 10.0. The van der Waals surface area contributed by atoms with Gasteiger partial charge in [0.2, 0.25) is 0 Å². The zero-order valence-corrected chi connectivity index (χ0v) is 14.9. The molecule has 0 heterocycles. The van der Waals surface area contributed by atoms with Crippen LogP contribution in [0.3, 0.4) is 0 Å². The standard InChI is InChI=1S/C22H17NO4/c1-26-14-8-10-20(27-2)19(12-14)23-22(25)13-7-9-16-15-5-3-4-6-17(15)21(24)18(16)11-13/h3-12H,1-2H3,(H,23,25). The van der Waals surface area contributed by atoms with Crippen molar-refractivity contribution in [3.8, 4) is 22.6 Å². The topological polar surface area (TPSA) is 64.6 Å². The summed E-state index contributed by atoms with van der Waals surface area (Å²) < 4.78 is 10.5. The molecule has 5 heteroatoms. The molecule has 4 rings (SSSR count). The molecule has 3 aromatic rings. The second-order valence-corrected chi connectivity index (χ2v) is 6.16. The van der Waals surface area contributed by atoms with Gasteiger partial charge < -0.3 is 14.8 Å². The van der Waals surface area contributed by atoms with Crippen molar-refractivity contribution < 1.29 is 19.1 Å². The molecule has 3 aromatic carbocycles. The summed E-state index contributed by atoms with van der Waals surface area (Å²) in [6.07, 6.45) is 0. The van der Waals surface area contributed by atoms with Crippen LogP contribution < -0.4 is 14.8 Å². The van der Waals surface area contributed by atoms with Crippen LogP contribution in [0.15, 0.2) is 60.7 Å². The van der Waals surface area contributed by atoms with Crippen molar-refractivity contribution in [1.29, 1.82) is 0 Å². The first-order valence-electron chi connectivity index (χ1n) is 8.44. The Balaban J connectivity index is 1.66.